The molecular weight excluding hydrogens is 436 g/mol. The molecule has 1 N–H and O–H groups in total. The van der Waals surface area contributed by atoms with E-state index in [1.54, 1.807) is 12.1 Å². The van der Waals surface area contributed by atoms with Crippen LogP contribution in [0.2, 0.25) is 0 Å². The van der Waals surface area contributed by atoms with Crippen LogP contribution in [0.1, 0.15) is 24.8 Å². The van der Waals surface area contributed by atoms with Crippen molar-refractivity contribution >= 4 is 27.4 Å². The summed E-state index contributed by atoms with van der Waals surface area (Å²) in [6.07, 6.45) is 3.51. The van der Waals surface area contributed by atoms with Crippen LogP contribution in [0.25, 0.3) is 5.52 Å². The molecule has 7 nitrogen and oxygen atoms in total. The molecular formula is C21H23BrN4O3. The van der Waals surface area contributed by atoms with E-state index in [0.717, 1.165) is 5.56 Å². The smallest absolute Gasteiger partial charge is 0.277 e. The van der Waals surface area contributed by atoms with Crippen LogP contribution >= 0.6 is 15.9 Å². The summed E-state index contributed by atoms with van der Waals surface area (Å²) in [6.45, 7) is 1.15. The van der Waals surface area contributed by atoms with Crippen LogP contribution in [0.5, 0.6) is 0 Å². The molecule has 0 atom stereocenters. The summed E-state index contributed by atoms with van der Waals surface area (Å²) in [5.41, 5.74) is 0.384. The summed E-state index contributed by atoms with van der Waals surface area (Å²) in [5, 5.41) is 15.2. The average Bonchev–Trinajstić information content (AvgIpc) is 3.11. The van der Waals surface area contributed by atoms with Crippen molar-refractivity contribution in [2.75, 3.05) is 13.1 Å². The van der Waals surface area contributed by atoms with Gasteiger partial charge in [-0.05, 0) is 52.9 Å². The summed E-state index contributed by atoms with van der Waals surface area (Å²) < 4.78 is 3.68. The van der Waals surface area contributed by atoms with E-state index in [0.29, 0.717) is 48.9 Å². The number of halogens is 1. The van der Waals surface area contributed by atoms with Crippen molar-refractivity contribution in [1.82, 2.24) is 19.1 Å². The fraction of sp³-hybridized carbons (Fsp3) is 0.381. The molecule has 1 aliphatic rings. The first kappa shape index (κ1) is 19.8. The number of benzene rings is 1. The van der Waals surface area contributed by atoms with Gasteiger partial charge in [0.2, 0.25) is 5.91 Å². The molecule has 0 aliphatic carbocycles. The largest absolute Gasteiger partial charge is 0.388 e. The molecule has 1 saturated heterocycles. The fourth-order valence-corrected chi connectivity index (χ4v) is 4.23. The van der Waals surface area contributed by atoms with E-state index in [1.165, 1.54) is 15.4 Å². The first-order valence-electron chi connectivity index (χ1n) is 9.72. The highest BCUT2D eigenvalue weighted by Crippen LogP contribution is 2.24. The number of rotatable bonds is 5. The predicted octanol–water partition coefficient (Wildman–Crippen LogP) is 2.24. The Morgan fingerprint density at radius 2 is 1.86 bits per heavy atom. The molecule has 29 heavy (non-hydrogen) atoms. The first-order chi connectivity index (χ1) is 14.0. The third kappa shape index (κ3) is 4.28. The number of likely N-dealkylation sites (tertiary alicyclic amines) is 1. The van der Waals surface area contributed by atoms with Crippen LogP contribution < -0.4 is 5.56 Å². The molecule has 3 heterocycles. The van der Waals surface area contributed by atoms with Gasteiger partial charge in [-0.25, -0.2) is 4.52 Å². The number of aliphatic hydroxyl groups is 1. The second-order valence-corrected chi connectivity index (χ2v) is 8.42. The van der Waals surface area contributed by atoms with Gasteiger partial charge >= 0.3 is 0 Å². The molecule has 3 aromatic rings. The maximum atomic E-state index is 12.7. The predicted molar refractivity (Wildman–Crippen MR) is 113 cm³/mol. The van der Waals surface area contributed by atoms with E-state index in [9.17, 15) is 14.7 Å². The Bertz CT molecular complexity index is 1070. The van der Waals surface area contributed by atoms with Crippen LogP contribution in [-0.4, -0.2) is 48.8 Å². The van der Waals surface area contributed by atoms with Crippen LogP contribution in [0.4, 0.5) is 0 Å². The summed E-state index contributed by atoms with van der Waals surface area (Å²) >= 11 is 3.35. The third-order valence-corrected chi connectivity index (χ3v) is 6.18. The lowest BCUT2D eigenvalue weighted by molar-refractivity contribution is -0.135. The average molecular weight is 459 g/mol. The zero-order chi connectivity index (χ0) is 20.4. The summed E-state index contributed by atoms with van der Waals surface area (Å²) in [7, 11) is 0. The van der Waals surface area contributed by atoms with Crippen LogP contribution in [-0.2, 0) is 17.8 Å². The Kier molecular flexibility index (Phi) is 5.56. The van der Waals surface area contributed by atoms with E-state index in [2.05, 4.69) is 21.0 Å². The number of carbonyl (C=O) groups is 1. The third-order valence-electron chi connectivity index (χ3n) is 5.58. The van der Waals surface area contributed by atoms with Gasteiger partial charge in [0.15, 0.2) is 0 Å². The minimum absolute atomic E-state index is 0.106. The highest BCUT2D eigenvalue weighted by Gasteiger charge is 2.34. The van der Waals surface area contributed by atoms with Crippen LogP contribution in [0.15, 0.2) is 58.2 Å². The molecule has 0 unspecified atom stereocenters. The molecule has 0 saturated carbocycles. The van der Waals surface area contributed by atoms with E-state index in [-0.39, 0.29) is 18.0 Å². The Morgan fingerprint density at radius 3 is 2.59 bits per heavy atom. The van der Waals surface area contributed by atoms with Crippen molar-refractivity contribution in [3.05, 3.63) is 69.3 Å². The zero-order valence-electron chi connectivity index (χ0n) is 16.0. The number of piperidine rings is 1. The topological polar surface area (TPSA) is 79.8 Å². The van der Waals surface area contributed by atoms with Gasteiger partial charge in [-0.2, -0.15) is 5.10 Å². The van der Waals surface area contributed by atoms with E-state index < -0.39 is 5.60 Å². The number of fused-ring (bicyclic) bond motifs is 1. The molecule has 1 fully saturated rings. The fourth-order valence-electron chi connectivity index (χ4n) is 3.81. The lowest BCUT2D eigenvalue weighted by Crippen LogP contribution is -2.49. The van der Waals surface area contributed by atoms with Crippen molar-refractivity contribution in [1.29, 1.82) is 0 Å². The Labute approximate surface area is 176 Å². The Balaban J connectivity index is 1.36. The molecule has 8 heteroatoms. The standard InChI is InChI=1S/C21H23BrN4O3/c22-18-8-7-17-20(28)25(15-23-26(17)18)14-21(29)10-12-24(13-11-21)19(27)9-6-16-4-2-1-3-5-16/h1-5,7-8,15,29H,6,9-14H2. The maximum absolute atomic E-state index is 12.7. The van der Waals surface area contributed by atoms with Crippen molar-refractivity contribution in [2.45, 2.75) is 37.8 Å². The molecule has 0 radical (unpaired) electrons. The zero-order valence-corrected chi connectivity index (χ0v) is 17.6. The second kappa shape index (κ2) is 8.12. The number of hydrogen-bond donors (Lipinski definition) is 1. The summed E-state index contributed by atoms with van der Waals surface area (Å²) in [6, 6.07) is 13.4. The number of amides is 1. The van der Waals surface area contributed by atoms with Gasteiger partial charge in [0, 0.05) is 19.5 Å². The van der Waals surface area contributed by atoms with E-state index >= 15 is 0 Å². The highest BCUT2D eigenvalue weighted by atomic mass is 79.9. The van der Waals surface area contributed by atoms with Gasteiger partial charge < -0.3 is 10.0 Å². The van der Waals surface area contributed by atoms with Crippen molar-refractivity contribution in [3.63, 3.8) is 0 Å². The lowest BCUT2D eigenvalue weighted by Gasteiger charge is -2.38. The van der Waals surface area contributed by atoms with Crippen molar-refractivity contribution in [2.24, 2.45) is 0 Å². The minimum Gasteiger partial charge on any atom is -0.388 e. The number of aryl methyl sites for hydroxylation is 1. The molecule has 2 aromatic heterocycles. The van der Waals surface area contributed by atoms with Crippen LogP contribution in [0, 0.1) is 0 Å². The van der Waals surface area contributed by atoms with Crippen molar-refractivity contribution < 1.29 is 9.90 Å². The number of nitrogens with zero attached hydrogens (tertiary/aromatic N) is 4. The Hall–Kier alpha value is -2.45. The number of hydrogen-bond acceptors (Lipinski definition) is 4. The number of carbonyl (C=O) groups excluding carboxylic acids is 1. The van der Waals surface area contributed by atoms with Crippen molar-refractivity contribution in [3.8, 4) is 0 Å². The molecule has 1 amide bonds. The van der Waals surface area contributed by atoms with E-state index in [1.807, 2.05) is 35.2 Å². The molecule has 0 spiro atoms. The van der Waals surface area contributed by atoms with Crippen LogP contribution in [0.3, 0.4) is 0 Å². The second-order valence-electron chi connectivity index (χ2n) is 7.61. The quantitative estimate of drug-likeness (QED) is 0.635. The molecule has 1 aromatic carbocycles. The molecule has 4 rings (SSSR count). The van der Waals surface area contributed by atoms with E-state index in [4.69, 9.17) is 0 Å². The van der Waals surface area contributed by atoms with Gasteiger partial charge in [0.25, 0.3) is 5.56 Å². The number of aromatic nitrogens is 3. The summed E-state index contributed by atoms with van der Waals surface area (Å²) in [5.74, 6) is 0.106. The Morgan fingerprint density at radius 1 is 1.14 bits per heavy atom. The minimum atomic E-state index is -1.02. The first-order valence-corrected chi connectivity index (χ1v) is 10.5. The summed E-state index contributed by atoms with van der Waals surface area (Å²) in [4.78, 5) is 27.0. The van der Waals surface area contributed by atoms with Gasteiger partial charge in [-0.3, -0.25) is 14.2 Å². The molecule has 1 aliphatic heterocycles. The highest BCUT2D eigenvalue weighted by molar-refractivity contribution is 9.10. The lowest BCUT2D eigenvalue weighted by atomic mass is 9.91. The van der Waals surface area contributed by atoms with Gasteiger partial charge in [0.05, 0.1) is 12.1 Å². The SMILES string of the molecule is O=C(CCc1ccccc1)N1CCC(O)(Cn2cnn3c(Br)ccc3c2=O)CC1. The molecule has 152 valence electrons. The van der Waals surface area contributed by atoms with Gasteiger partial charge in [-0.15, -0.1) is 0 Å². The van der Waals surface area contributed by atoms with Gasteiger partial charge in [0.1, 0.15) is 16.4 Å². The maximum Gasteiger partial charge on any atom is 0.277 e. The normalized spacial score (nSPS) is 16.3. The molecule has 0 bridgehead atoms. The van der Waals surface area contributed by atoms with Gasteiger partial charge in [-0.1, -0.05) is 30.3 Å². The monoisotopic (exact) mass is 458 g/mol.